The van der Waals surface area contributed by atoms with Gasteiger partial charge >= 0.3 is 0 Å². The predicted octanol–water partition coefficient (Wildman–Crippen LogP) is 0.668. The Labute approximate surface area is 90.0 Å². The largest absolute Gasteiger partial charge is 0.347 e. The van der Waals surface area contributed by atoms with Crippen molar-refractivity contribution in [3.63, 3.8) is 0 Å². The van der Waals surface area contributed by atoms with Gasteiger partial charge in [0.2, 0.25) is 11.8 Å². The number of rotatable bonds is 2. The highest BCUT2D eigenvalue weighted by Gasteiger charge is 2.43. The van der Waals surface area contributed by atoms with Crippen molar-refractivity contribution >= 4 is 11.8 Å². The lowest BCUT2D eigenvalue weighted by Crippen LogP contribution is -2.56. The van der Waals surface area contributed by atoms with Gasteiger partial charge in [0.25, 0.3) is 0 Å². The number of hydrogen-bond acceptors (Lipinski definition) is 2. The molecule has 0 spiro atoms. The Balaban J connectivity index is 2.12. The van der Waals surface area contributed by atoms with E-state index in [2.05, 4.69) is 12.2 Å². The minimum atomic E-state index is -0.00331. The van der Waals surface area contributed by atoms with Gasteiger partial charge < -0.3 is 10.2 Å². The van der Waals surface area contributed by atoms with Crippen molar-refractivity contribution in [3.05, 3.63) is 0 Å². The normalized spacial score (nSPS) is 25.5. The molecule has 4 nitrogen and oxygen atoms in total. The third-order valence-electron chi connectivity index (χ3n) is 3.82. The fourth-order valence-corrected chi connectivity index (χ4v) is 2.60. The lowest BCUT2D eigenvalue weighted by atomic mass is 9.73. The molecule has 0 aromatic heterocycles. The van der Waals surface area contributed by atoms with E-state index >= 15 is 0 Å². The molecule has 1 saturated heterocycles. The van der Waals surface area contributed by atoms with Crippen molar-refractivity contribution in [2.75, 3.05) is 13.1 Å². The summed E-state index contributed by atoms with van der Waals surface area (Å²) in [7, 11) is 0. The third kappa shape index (κ3) is 1.73. The molecule has 1 aliphatic carbocycles. The first-order chi connectivity index (χ1) is 7.18. The van der Waals surface area contributed by atoms with Crippen LogP contribution in [0.3, 0.4) is 0 Å². The van der Waals surface area contributed by atoms with Gasteiger partial charge in [-0.3, -0.25) is 9.59 Å². The van der Waals surface area contributed by atoms with Crippen molar-refractivity contribution in [2.45, 2.75) is 44.6 Å². The minimum Gasteiger partial charge on any atom is -0.347 e. The molecule has 15 heavy (non-hydrogen) atoms. The van der Waals surface area contributed by atoms with E-state index in [0.717, 1.165) is 19.3 Å². The van der Waals surface area contributed by atoms with Gasteiger partial charge in [-0.15, -0.1) is 0 Å². The second kappa shape index (κ2) is 3.83. The summed E-state index contributed by atoms with van der Waals surface area (Å²) in [6.07, 6.45) is 4.87. The van der Waals surface area contributed by atoms with Crippen LogP contribution in [-0.4, -0.2) is 35.3 Å². The van der Waals surface area contributed by atoms with Gasteiger partial charge in [-0.2, -0.15) is 0 Å². The Morgan fingerprint density at radius 2 is 2.13 bits per heavy atom. The average molecular weight is 210 g/mol. The fourth-order valence-electron chi connectivity index (χ4n) is 2.60. The molecule has 1 N–H and O–H groups in total. The molecule has 1 heterocycles. The predicted molar refractivity (Wildman–Crippen MR) is 56.2 cm³/mol. The van der Waals surface area contributed by atoms with E-state index in [4.69, 9.17) is 0 Å². The molecule has 84 valence electrons. The highest BCUT2D eigenvalue weighted by atomic mass is 16.2. The number of hydrogen-bond donors (Lipinski definition) is 1. The molecule has 1 aliphatic heterocycles. The van der Waals surface area contributed by atoms with Crippen LogP contribution in [0, 0.1) is 0 Å². The SMILES string of the molecule is CCC1(N2CCC(=O)NCC2=O)CCC1. The molecule has 0 aromatic rings. The van der Waals surface area contributed by atoms with Crippen molar-refractivity contribution in [1.82, 2.24) is 10.2 Å². The fraction of sp³-hybridized carbons (Fsp3) is 0.818. The van der Waals surface area contributed by atoms with Gasteiger partial charge in [-0.25, -0.2) is 0 Å². The van der Waals surface area contributed by atoms with Gasteiger partial charge in [0.05, 0.1) is 6.54 Å². The summed E-state index contributed by atoms with van der Waals surface area (Å²) in [6.45, 7) is 2.91. The lowest BCUT2D eigenvalue weighted by molar-refractivity contribution is -0.140. The van der Waals surface area contributed by atoms with Crippen LogP contribution in [0.25, 0.3) is 0 Å². The Hall–Kier alpha value is -1.06. The van der Waals surface area contributed by atoms with Crippen LogP contribution in [0.4, 0.5) is 0 Å². The van der Waals surface area contributed by atoms with Gasteiger partial charge in [0, 0.05) is 18.5 Å². The summed E-state index contributed by atoms with van der Waals surface area (Å²) in [5, 5.41) is 2.64. The third-order valence-corrected chi connectivity index (χ3v) is 3.82. The molecule has 1 saturated carbocycles. The average Bonchev–Trinajstić information content (AvgIpc) is 2.32. The van der Waals surface area contributed by atoms with E-state index in [0.29, 0.717) is 13.0 Å². The second-order valence-corrected chi connectivity index (χ2v) is 4.50. The molecule has 2 rings (SSSR count). The summed E-state index contributed by atoms with van der Waals surface area (Å²) < 4.78 is 0. The zero-order chi connectivity index (χ0) is 10.9. The topological polar surface area (TPSA) is 49.4 Å². The van der Waals surface area contributed by atoms with Crippen LogP contribution in [0.2, 0.25) is 0 Å². The lowest BCUT2D eigenvalue weighted by Gasteiger charge is -2.49. The first-order valence-electron chi connectivity index (χ1n) is 5.75. The highest BCUT2D eigenvalue weighted by molar-refractivity contribution is 5.87. The maximum Gasteiger partial charge on any atom is 0.242 e. The van der Waals surface area contributed by atoms with E-state index in [1.165, 1.54) is 6.42 Å². The van der Waals surface area contributed by atoms with E-state index in [9.17, 15) is 9.59 Å². The van der Waals surface area contributed by atoms with Crippen molar-refractivity contribution < 1.29 is 9.59 Å². The standard InChI is InChI=1S/C11H18N2O2/c1-2-11(5-3-6-11)13-7-4-9(14)12-8-10(13)15/h2-8H2,1H3,(H,12,14). The Morgan fingerprint density at radius 3 is 2.67 bits per heavy atom. The van der Waals surface area contributed by atoms with Crippen LogP contribution in [-0.2, 0) is 9.59 Å². The molecule has 2 aliphatic rings. The van der Waals surface area contributed by atoms with Crippen LogP contribution >= 0.6 is 0 Å². The first-order valence-corrected chi connectivity index (χ1v) is 5.75. The number of amides is 2. The van der Waals surface area contributed by atoms with E-state index < -0.39 is 0 Å². The van der Waals surface area contributed by atoms with Gasteiger partial charge in [-0.05, 0) is 25.7 Å². The molecule has 2 fully saturated rings. The zero-order valence-corrected chi connectivity index (χ0v) is 9.21. The molecule has 0 radical (unpaired) electrons. The van der Waals surface area contributed by atoms with Crippen molar-refractivity contribution in [3.8, 4) is 0 Å². The number of carbonyl (C=O) groups is 2. The van der Waals surface area contributed by atoms with Gasteiger partial charge in [0.15, 0.2) is 0 Å². The maximum absolute atomic E-state index is 11.9. The first kappa shape index (κ1) is 10.5. The molecule has 0 bridgehead atoms. The summed E-state index contributed by atoms with van der Waals surface area (Å²) in [5.41, 5.74) is 0.0728. The van der Waals surface area contributed by atoms with Crippen molar-refractivity contribution in [2.24, 2.45) is 0 Å². The van der Waals surface area contributed by atoms with Crippen LogP contribution in [0.5, 0.6) is 0 Å². The van der Waals surface area contributed by atoms with Crippen LogP contribution in [0.1, 0.15) is 39.0 Å². The summed E-state index contributed by atoms with van der Waals surface area (Å²) >= 11 is 0. The molecule has 0 aromatic carbocycles. The summed E-state index contributed by atoms with van der Waals surface area (Å²) in [5.74, 6) is 0.0822. The van der Waals surface area contributed by atoms with Crippen LogP contribution in [0.15, 0.2) is 0 Å². The second-order valence-electron chi connectivity index (χ2n) is 4.50. The van der Waals surface area contributed by atoms with Crippen LogP contribution < -0.4 is 5.32 Å². The minimum absolute atomic E-state index is 0.00331. The monoisotopic (exact) mass is 210 g/mol. The summed E-state index contributed by atoms with van der Waals surface area (Å²) in [4.78, 5) is 25.0. The quantitative estimate of drug-likeness (QED) is 0.728. The highest BCUT2D eigenvalue weighted by Crippen LogP contribution is 2.40. The molecular weight excluding hydrogens is 192 g/mol. The van der Waals surface area contributed by atoms with Gasteiger partial charge in [0.1, 0.15) is 0 Å². The molecular formula is C11H18N2O2. The van der Waals surface area contributed by atoms with E-state index in [1.54, 1.807) is 0 Å². The summed E-state index contributed by atoms with van der Waals surface area (Å²) in [6, 6.07) is 0. The number of nitrogens with zero attached hydrogens (tertiary/aromatic N) is 1. The van der Waals surface area contributed by atoms with Gasteiger partial charge in [-0.1, -0.05) is 6.92 Å². The number of nitrogens with one attached hydrogen (secondary N) is 1. The smallest absolute Gasteiger partial charge is 0.242 e. The molecule has 0 atom stereocenters. The Morgan fingerprint density at radius 1 is 1.40 bits per heavy atom. The van der Waals surface area contributed by atoms with E-state index in [-0.39, 0.29) is 23.9 Å². The van der Waals surface area contributed by atoms with E-state index in [1.807, 2.05) is 4.90 Å². The van der Waals surface area contributed by atoms with Crippen molar-refractivity contribution in [1.29, 1.82) is 0 Å². The maximum atomic E-state index is 11.9. The Kier molecular flexibility index (Phi) is 2.67. The number of carbonyl (C=O) groups excluding carboxylic acids is 2. The molecule has 0 unspecified atom stereocenters. The molecule has 4 heteroatoms. The zero-order valence-electron chi connectivity index (χ0n) is 9.21. The molecule has 2 amide bonds. The Bertz CT molecular complexity index is 279.